The first-order chi connectivity index (χ1) is 5.54. The van der Waals surface area contributed by atoms with Crippen molar-refractivity contribution in [2.45, 2.75) is 6.43 Å². The monoisotopic (exact) mass is 196 g/mol. The molecular formula is C6H4ClF3N2. The van der Waals surface area contributed by atoms with Crippen LogP contribution in [-0.2, 0) is 0 Å². The maximum Gasteiger partial charge on any atom is 0.268 e. The van der Waals surface area contributed by atoms with Crippen LogP contribution in [-0.4, -0.2) is 4.98 Å². The molecule has 0 aliphatic heterocycles. The molecule has 0 amide bonds. The Balaban J connectivity index is 3.33. The second kappa shape index (κ2) is 3.18. The molecule has 0 atom stereocenters. The molecule has 1 aromatic rings. The molecule has 0 unspecified atom stereocenters. The molecule has 0 aromatic carbocycles. The standard InChI is InChI=1S/C6H4ClF3N2/c7-2-1-12-6(11)4(8)3(2)5(9)10/h1,5H,(H2,11,12). The molecule has 6 heteroatoms. The minimum atomic E-state index is -2.98. The van der Waals surface area contributed by atoms with E-state index in [1.54, 1.807) is 0 Å². The van der Waals surface area contributed by atoms with E-state index in [9.17, 15) is 13.2 Å². The molecule has 1 heterocycles. The third kappa shape index (κ3) is 1.45. The first-order valence-corrected chi connectivity index (χ1v) is 3.29. The van der Waals surface area contributed by atoms with Gasteiger partial charge in [0.2, 0.25) is 0 Å². The number of nitrogens with zero attached hydrogens (tertiary/aromatic N) is 1. The number of hydrogen-bond acceptors (Lipinski definition) is 2. The quantitative estimate of drug-likeness (QED) is 0.749. The summed E-state index contributed by atoms with van der Waals surface area (Å²) in [6.07, 6.45) is -2.09. The van der Waals surface area contributed by atoms with Crippen LogP contribution < -0.4 is 5.73 Å². The van der Waals surface area contributed by atoms with E-state index in [-0.39, 0.29) is 0 Å². The molecular weight excluding hydrogens is 193 g/mol. The summed E-state index contributed by atoms with van der Waals surface area (Å²) in [6, 6.07) is 0. The van der Waals surface area contributed by atoms with Crippen LogP contribution in [0.5, 0.6) is 0 Å². The Morgan fingerprint density at radius 3 is 2.50 bits per heavy atom. The molecule has 0 saturated heterocycles. The van der Waals surface area contributed by atoms with E-state index in [2.05, 4.69) is 4.98 Å². The van der Waals surface area contributed by atoms with E-state index in [4.69, 9.17) is 17.3 Å². The van der Waals surface area contributed by atoms with E-state index in [1.807, 2.05) is 0 Å². The van der Waals surface area contributed by atoms with Crippen molar-refractivity contribution in [2.75, 3.05) is 5.73 Å². The van der Waals surface area contributed by atoms with Gasteiger partial charge in [0.25, 0.3) is 6.43 Å². The van der Waals surface area contributed by atoms with Gasteiger partial charge in [-0.2, -0.15) is 0 Å². The highest BCUT2D eigenvalue weighted by molar-refractivity contribution is 6.31. The lowest BCUT2D eigenvalue weighted by Crippen LogP contribution is -2.01. The van der Waals surface area contributed by atoms with Crippen molar-refractivity contribution < 1.29 is 13.2 Å². The molecule has 0 spiro atoms. The average Bonchev–Trinajstić information content (AvgIpc) is 1.97. The smallest absolute Gasteiger partial charge is 0.268 e. The SMILES string of the molecule is Nc1ncc(Cl)c(C(F)F)c1F. The summed E-state index contributed by atoms with van der Waals surface area (Å²) >= 11 is 5.26. The van der Waals surface area contributed by atoms with Gasteiger partial charge >= 0.3 is 0 Å². The lowest BCUT2D eigenvalue weighted by molar-refractivity contribution is 0.146. The van der Waals surface area contributed by atoms with E-state index in [0.29, 0.717) is 0 Å². The van der Waals surface area contributed by atoms with Gasteiger partial charge in [-0.25, -0.2) is 18.2 Å². The Kier molecular flexibility index (Phi) is 2.42. The van der Waals surface area contributed by atoms with Crippen molar-refractivity contribution in [1.82, 2.24) is 4.98 Å². The molecule has 1 rings (SSSR count). The normalized spacial score (nSPS) is 10.8. The number of anilines is 1. The van der Waals surface area contributed by atoms with Gasteiger partial charge in [0.05, 0.1) is 10.6 Å². The summed E-state index contributed by atoms with van der Waals surface area (Å²) in [7, 11) is 0. The predicted molar refractivity (Wildman–Crippen MR) is 38.6 cm³/mol. The van der Waals surface area contributed by atoms with E-state index in [1.165, 1.54) is 0 Å². The van der Waals surface area contributed by atoms with E-state index in [0.717, 1.165) is 6.20 Å². The zero-order valence-electron chi connectivity index (χ0n) is 5.69. The Labute approximate surface area is 71.2 Å². The molecule has 66 valence electrons. The largest absolute Gasteiger partial charge is 0.381 e. The van der Waals surface area contributed by atoms with Crippen LogP contribution in [0.1, 0.15) is 12.0 Å². The molecule has 1 aromatic heterocycles. The number of aromatic nitrogens is 1. The second-order valence-electron chi connectivity index (χ2n) is 2.02. The number of pyridine rings is 1. The zero-order chi connectivity index (χ0) is 9.30. The molecule has 0 aliphatic carbocycles. The van der Waals surface area contributed by atoms with Crippen LogP contribution >= 0.6 is 11.6 Å². The highest BCUT2D eigenvalue weighted by Crippen LogP contribution is 2.30. The molecule has 2 N–H and O–H groups in total. The lowest BCUT2D eigenvalue weighted by atomic mass is 10.2. The third-order valence-electron chi connectivity index (χ3n) is 1.25. The van der Waals surface area contributed by atoms with Gasteiger partial charge in [0.1, 0.15) is 0 Å². The Hall–Kier alpha value is -0.970. The van der Waals surface area contributed by atoms with Crippen molar-refractivity contribution in [1.29, 1.82) is 0 Å². The molecule has 12 heavy (non-hydrogen) atoms. The van der Waals surface area contributed by atoms with Gasteiger partial charge in [-0.3, -0.25) is 0 Å². The molecule has 0 saturated carbocycles. The molecule has 0 bridgehead atoms. The van der Waals surface area contributed by atoms with Crippen LogP contribution in [0.3, 0.4) is 0 Å². The average molecular weight is 197 g/mol. The molecule has 0 aliphatic rings. The number of rotatable bonds is 1. The summed E-state index contributed by atoms with van der Waals surface area (Å²) in [5.74, 6) is -1.83. The van der Waals surface area contributed by atoms with Gasteiger partial charge in [0.15, 0.2) is 11.6 Å². The van der Waals surface area contributed by atoms with Crippen LogP contribution in [0.4, 0.5) is 19.0 Å². The van der Waals surface area contributed by atoms with Crippen LogP contribution in [0.2, 0.25) is 5.02 Å². The fourth-order valence-corrected chi connectivity index (χ4v) is 0.910. The highest BCUT2D eigenvalue weighted by atomic mass is 35.5. The van der Waals surface area contributed by atoms with Gasteiger partial charge in [-0.1, -0.05) is 11.6 Å². The number of nitrogens with two attached hydrogens (primary N) is 1. The second-order valence-corrected chi connectivity index (χ2v) is 2.43. The van der Waals surface area contributed by atoms with Crippen molar-refractivity contribution in [2.24, 2.45) is 0 Å². The van der Waals surface area contributed by atoms with Crippen molar-refractivity contribution in [3.63, 3.8) is 0 Å². The Morgan fingerprint density at radius 1 is 1.50 bits per heavy atom. The summed E-state index contributed by atoms with van der Waals surface area (Å²) < 4.78 is 36.9. The van der Waals surface area contributed by atoms with Crippen molar-refractivity contribution >= 4 is 17.4 Å². The fourth-order valence-electron chi connectivity index (χ4n) is 0.695. The summed E-state index contributed by atoms with van der Waals surface area (Å²) in [5.41, 5.74) is 4.05. The summed E-state index contributed by atoms with van der Waals surface area (Å²) in [6.45, 7) is 0. The molecule has 0 radical (unpaired) electrons. The van der Waals surface area contributed by atoms with Gasteiger partial charge in [-0.15, -0.1) is 0 Å². The predicted octanol–water partition coefficient (Wildman–Crippen LogP) is 2.39. The Bertz CT molecular complexity index is 303. The number of halogens is 4. The topological polar surface area (TPSA) is 38.9 Å². The van der Waals surface area contributed by atoms with Crippen LogP contribution in [0.15, 0.2) is 6.20 Å². The maximum atomic E-state index is 12.8. The van der Waals surface area contributed by atoms with Crippen LogP contribution in [0, 0.1) is 5.82 Å². The van der Waals surface area contributed by atoms with Crippen LogP contribution in [0.25, 0.3) is 0 Å². The lowest BCUT2D eigenvalue weighted by Gasteiger charge is -2.04. The molecule has 2 nitrogen and oxygen atoms in total. The maximum absolute atomic E-state index is 12.8. The van der Waals surface area contributed by atoms with Gasteiger partial charge in [-0.05, 0) is 0 Å². The number of alkyl halides is 2. The Morgan fingerprint density at radius 2 is 2.08 bits per heavy atom. The first kappa shape index (κ1) is 9.12. The van der Waals surface area contributed by atoms with Gasteiger partial charge in [0, 0.05) is 6.20 Å². The molecule has 0 fully saturated rings. The number of hydrogen-bond donors (Lipinski definition) is 1. The first-order valence-electron chi connectivity index (χ1n) is 2.91. The fraction of sp³-hybridized carbons (Fsp3) is 0.167. The van der Waals surface area contributed by atoms with Gasteiger partial charge < -0.3 is 5.73 Å². The summed E-state index contributed by atoms with van der Waals surface area (Å²) in [5, 5.41) is -0.420. The van der Waals surface area contributed by atoms with Crippen molar-refractivity contribution in [3.8, 4) is 0 Å². The number of nitrogen functional groups attached to an aromatic ring is 1. The summed E-state index contributed by atoms with van der Waals surface area (Å²) in [4.78, 5) is 3.26. The minimum Gasteiger partial charge on any atom is -0.381 e. The zero-order valence-corrected chi connectivity index (χ0v) is 6.45. The minimum absolute atomic E-state index is 0.420. The van der Waals surface area contributed by atoms with E-state index >= 15 is 0 Å². The van der Waals surface area contributed by atoms with E-state index < -0.39 is 28.6 Å². The van der Waals surface area contributed by atoms with Crippen molar-refractivity contribution in [3.05, 3.63) is 22.6 Å². The highest BCUT2D eigenvalue weighted by Gasteiger charge is 2.20. The third-order valence-corrected chi connectivity index (χ3v) is 1.56.